The largest absolute Gasteiger partial charge is 0.494 e. The lowest BCUT2D eigenvalue weighted by Gasteiger charge is -2.18. The number of ether oxygens (including phenoxy) is 2. The summed E-state index contributed by atoms with van der Waals surface area (Å²) in [7, 11) is 0. The first-order valence-corrected chi connectivity index (χ1v) is 12.5. The molecule has 2 N–H and O–H groups in total. The van der Waals surface area contributed by atoms with Gasteiger partial charge in [0.2, 0.25) is 0 Å². The van der Waals surface area contributed by atoms with E-state index in [4.69, 9.17) is 21.1 Å². The highest BCUT2D eigenvalue weighted by Crippen LogP contribution is 2.18. The summed E-state index contributed by atoms with van der Waals surface area (Å²) in [5.74, 6) is 1.85. The van der Waals surface area contributed by atoms with Gasteiger partial charge in [-0.3, -0.25) is 0 Å². The van der Waals surface area contributed by atoms with Gasteiger partial charge in [-0.1, -0.05) is 54.1 Å². The second-order valence-corrected chi connectivity index (χ2v) is 9.09. The van der Waals surface area contributed by atoms with Crippen molar-refractivity contribution < 1.29 is 14.6 Å². The van der Waals surface area contributed by atoms with E-state index in [1.807, 2.05) is 60.7 Å². The van der Waals surface area contributed by atoms with E-state index < -0.39 is 6.10 Å². The Morgan fingerprint density at radius 2 is 1.44 bits per heavy atom. The van der Waals surface area contributed by atoms with Crippen molar-refractivity contribution in [2.45, 2.75) is 51.2 Å². The van der Waals surface area contributed by atoms with Crippen LogP contribution in [0.2, 0.25) is 5.02 Å². The Morgan fingerprint density at radius 1 is 0.794 bits per heavy atom. The fraction of sp³-hybridized carbons (Fsp3) is 0.379. The van der Waals surface area contributed by atoms with Crippen molar-refractivity contribution >= 4 is 11.6 Å². The van der Waals surface area contributed by atoms with Crippen molar-refractivity contribution in [2.75, 3.05) is 19.8 Å². The molecule has 0 radical (unpaired) electrons. The summed E-state index contributed by atoms with van der Waals surface area (Å²) in [6, 6.07) is 25.9. The van der Waals surface area contributed by atoms with Crippen LogP contribution in [-0.2, 0) is 6.42 Å². The molecule has 0 aromatic heterocycles. The third kappa shape index (κ3) is 9.76. The quantitative estimate of drug-likeness (QED) is 0.240. The van der Waals surface area contributed by atoms with Gasteiger partial charge in [0, 0.05) is 17.6 Å². The molecule has 34 heavy (non-hydrogen) atoms. The Labute approximate surface area is 208 Å². The lowest BCUT2D eigenvalue weighted by atomic mass is 10.1. The van der Waals surface area contributed by atoms with Gasteiger partial charge in [-0.05, 0) is 86.6 Å². The topological polar surface area (TPSA) is 50.7 Å². The average Bonchev–Trinajstić information content (AvgIpc) is 2.86. The van der Waals surface area contributed by atoms with E-state index in [0.29, 0.717) is 11.6 Å². The van der Waals surface area contributed by atoms with Crippen LogP contribution in [0.4, 0.5) is 0 Å². The molecule has 3 aromatic rings. The first kappa shape index (κ1) is 26.1. The summed E-state index contributed by atoms with van der Waals surface area (Å²) in [5.41, 5.74) is 2.07. The van der Waals surface area contributed by atoms with Gasteiger partial charge in [0.15, 0.2) is 0 Å². The van der Waals surface area contributed by atoms with E-state index in [1.54, 1.807) is 6.07 Å². The number of rotatable bonds is 15. The fourth-order valence-corrected chi connectivity index (χ4v) is 3.95. The third-order valence-corrected chi connectivity index (χ3v) is 5.91. The Balaban J connectivity index is 1.25. The van der Waals surface area contributed by atoms with Crippen molar-refractivity contribution in [2.24, 2.45) is 0 Å². The van der Waals surface area contributed by atoms with Gasteiger partial charge in [0.1, 0.15) is 11.5 Å². The smallest absolute Gasteiger partial charge is 0.119 e. The summed E-state index contributed by atoms with van der Waals surface area (Å²) in [6.45, 7) is 4.11. The van der Waals surface area contributed by atoms with Crippen LogP contribution in [0.5, 0.6) is 11.5 Å². The van der Waals surface area contributed by atoms with E-state index in [-0.39, 0.29) is 6.04 Å². The zero-order valence-electron chi connectivity index (χ0n) is 20.0. The number of hydrogen-bond donors (Lipinski definition) is 2. The minimum absolute atomic E-state index is 0.242. The van der Waals surface area contributed by atoms with Gasteiger partial charge in [-0.2, -0.15) is 0 Å². The van der Waals surface area contributed by atoms with Crippen molar-refractivity contribution in [1.29, 1.82) is 0 Å². The molecule has 2 atom stereocenters. The number of nitrogens with one attached hydrogen (secondary N) is 1. The summed E-state index contributed by atoms with van der Waals surface area (Å²) >= 11 is 6.01. The lowest BCUT2D eigenvalue weighted by Crippen LogP contribution is -2.32. The Morgan fingerprint density at radius 3 is 2.09 bits per heavy atom. The van der Waals surface area contributed by atoms with Gasteiger partial charge in [0.25, 0.3) is 0 Å². The predicted octanol–water partition coefficient (Wildman–Crippen LogP) is 6.61. The maximum Gasteiger partial charge on any atom is 0.119 e. The molecular weight excluding hydrogens is 446 g/mol. The molecule has 0 bridgehead atoms. The van der Waals surface area contributed by atoms with Gasteiger partial charge < -0.3 is 19.9 Å². The molecule has 4 nitrogen and oxygen atoms in total. The number of hydrogen-bond acceptors (Lipinski definition) is 4. The predicted molar refractivity (Wildman–Crippen MR) is 140 cm³/mol. The molecule has 0 aliphatic carbocycles. The Hall–Kier alpha value is -2.53. The molecule has 3 aromatic carbocycles. The molecule has 0 aliphatic rings. The van der Waals surface area contributed by atoms with Crippen LogP contribution in [0.15, 0.2) is 78.9 Å². The summed E-state index contributed by atoms with van der Waals surface area (Å²) < 4.78 is 11.6. The maximum atomic E-state index is 10.4. The molecular formula is C29H36ClNO3. The zero-order chi connectivity index (χ0) is 24.0. The normalized spacial score (nSPS) is 12.8. The van der Waals surface area contributed by atoms with Crippen LogP contribution >= 0.6 is 11.6 Å². The third-order valence-electron chi connectivity index (χ3n) is 5.68. The molecule has 3 rings (SSSR count). The summed E-state index contributed by atoms with van der Waals surface area (Å²) in [5, 5.41) is 14.4. The van der Waals surface area contributed by atoms with Crippen LogP contribution in [0, 0.1) is 0 Å². The van der Waals surface area contributed by atoms with Crippen LogP contribution in [0.1, 0.15) is 49.8 Å². The molecule has 0 unspecified atom stereocenters. The minimum atomic E-state index is -0.576. The summed E-state index contributed by atoms with van der Waals surface area (Å²) in [4.78, 5) is 0. The second-order valence-electron chi connectivity index (χ2n) is 8.65. The molecule has 182 valence electrons. The molecule has 0 amide bonds. The van der Waals surface area contributed by atoms with Crippen molar-refractivity contribution in [3.05, 3.63) is 95.0 Å². The second kappa shape index (κ2) is 14.7. The first-order chi connectivity index (χ1) is 16.6. The van der Waals surface area contributed by atoms with Crippen molar-refractivity contribution in [3.8, 4) is 11.5 Å². The van der Waals surface area contributed by atoms with Gasteiger partial charge in [-0.15, -0.1) is 0 Å². The minimum Gasteiger partial charge on any atom is -0.494 e. The highest BCUT2D eigenvalue weighted by molar-refractivity contribution is 6.30. The van der Waals surface area contributed by atoms with E-state index in [1.165, 1.54) is 5.56 Å². The standard InChI is InChI=1S/C29H36ClNO3/c1-23(31-22-29(32)25-10-9-11-26(30)21-25)20-24-14-16-28(17-15-24)34-19-8-3-2-7-18-33-27-12-5-4-6-13-27/h4-6,9-17,21,23,29,31-32H,2-3,7-8,18-20,22H2,1H3/t23-,29+/m1/s1. The van der Waals surface area contributed by atoms with Crippen LogP contribution in [0.25, 0.3) is 0 Å². The van der Waals surface area contributed by atoms with E-state index in [9.17, 15) is 5.11 Å². The van der Waals surface area contributed by atoms with Crippen LogP contribution in [-0.4, -0.2) is 30.9 Å². The molecule has 0 saturated heterocycles. The fourth-order valence-electron chi connectivity index (χ4n) is 3.75. The van der Waals surface area contributed by atoms with Gasteiger partial charge >= 0.3 is 0 Å². The van der Waals surface area contributed by atoms with E-state index >= 15 is 0 Å². The zero-order valence-corrected chi connectivity index (χ0v) is 20.7. The number of aliphatic hydroxyl groups is 1. The first-order valence-electron chi connectivity index (χ1n) is 12.2. The Bertz CT molecular complexity index is 949. The number of aliphatic hydroxyl groups excluding tert-OH is 1. The summed E-state index contributed by atoms with van der Waals surface area (Å²) in [6.07, 6.45) is 4.70. The monoisotopic (exact) mass is 481 g/mol. The molecule has 0 saturated carbocycles. The highest BCUT2D eigenvalue weighted by Gasteiger charge is 2.10. The van der Waals surface area contributed by atoms with Crippen molar-refractivity contribution in [1.82, 2.24) is 5.32 Å². The molecule has 0 fully saturated rings. The molecule has 0 aliphatic heterocycles. The lowest BCUT2D eigenvalue weighted by molar-refractivity contribution is 0.170. The Kier molecular flexibility index (Phi) is 11.3. The highest BCUT2D eigenvalue weighted by atomic mass is 35.5. The molecule has 0 heterocycles. The van der Waals surface area contributed by atoms with Crippen molar-refractivity contribution in [3.63, 3.8) is 0 Å². The van der Waals surface area contributed by atoms with Crippen LogP contribution in [0.3, 0.4) is 0 Å². The number of halogens is 1. The SMILES string of the molecule is C[C@H](Cc1ccc(OCCCCCCOc2ccccc2)cc1)NC[C@H](O)c1cccc(Cl)c1. The van der Waals surface area contributed by atoms with E-state index in [0.717, 1.165) is 62.4 Å². The number of unbranched alkanes of at least 4 members (excludes halogenated alkanes) is 3. The average molecular weight is 482 g/mol. The molecule has 0 spiro atoms. The number of para-hydroxylation sites is 1. The van der Waals surface area contributed by atoms with E-state index in [2.05, 4.69) is 24.4 Å². The van der Waals surface area contributed by atoms with Gasteiger partial charge in [-0.25, -0.2) is 0 Å². The maximum absolute atomic E-state index is 10.4. The van der Waals surface area contributed by atoms with Crippen LogP contribution < -0.4 is 14.8 Å². The number of benzene rings is 3. The molecule has 5 heteroatoms. The van der Waals surface area contributed by atoms with Gasteiger partial charge in [0.05, 0.1) is 19.3 Å².